The number of carbonyl (C=O) groups excluding carboxylic acids is 1. The molecule has 0 saturated heterocycles. The van der Waals surface area contributed by atoms with Gasteiger partial charge in [-0.3, -0.25) is 4.79 Å². The lowest BCUT2D eigenvalue weighted by Crippen LogP contribution is -2.23. The van der Waals surface area contributed by atoms with Gasteiger partial charge in [0.05, 0.1) is 12.6 Å². The van der Waals surface area contributed by atoms with Gasteiger partial charge in [-0.25, -0.2) is 0 Å². The van der Waals surface area contributed by atoms with Crippen molar-refractivity contribution < 1.29 is 9.90 Å². The molecule has 0 amide bonds. The second-order valence-corrected chi connectivity index (χ2v) is 7.82. The van der Waals surface area contributed by atoms with Gasteiger partial charge in [0.1, 0.15) is 0 Å². The number of para-hydroxylation sites is 2. The number of aliphatic hydroxyl groups excluding tert-OH is 1. The van der Waals surface area contributed by atoms with Crippen molar-refractivity contribution in [3.05, 3.63) is 72.1 Å². The lowest BCUT2D eigenvalue weighted by molar-refractivity contribution is -0.120. The van der Waals surface area contributed by atoms with Gasteiger partial charge < -0.3 is 14.2 Å². The van der Waals surface area contributed by atoms with Crippen molar-refractivity contribution in [2.24, 2.45) is 0 Å². The number of hydrogen-bond donors (Lipinski definition) is 1. The molecule has 0 saturated carbocycles. The molecule has 1 N–H and O–H groups in total. The second kappa shape index (κ2) is 6.95. The first kappa shape index (κ1) is 17.3. The SMILES string of the molecule is O=C1CCc2cc3ccccc3n2C1.OC1CCc2cc3ccccc3n2C1. The molecule has 0 radical (unpaired) electrons. The normalized spacial score (nSPS) is 18.5. The van der Waals surface area contributed by atoms with E-state index < -0.39 is 0 Å². The van der Waals surface area contributed by atoms with Crippen LogP contribution in [0.2, 0.25) is 0 Å². The number of hydrogen-bond acceptors (Lipinski definition) is 2. The van der Waals surface area contributed by atoms with Crippen LogP contribution in [0.5, 0.6) is 0 Å². The topological polar surface area (TPSA) is 47.2 Å². The van der Waals surface area contributed by atoms with Crippen LogP contribution in [0.4, 0.5) is 0 Å². The molecule has 2 aliphatic heterocycles. The van der Waals surface area contributed by atoms with Crippen LogP contribution in [0.3, 0.4) is 0 Å². The Hall–Kier alpha value is -2.85. The fourth-order valence-corrected chi connectivity index (χ4v) is 4.49. The molecule has 2 aromatic carbocycles. The molecule has 4 aromatic rings. The minimum Gasteiger partial charge on any atom is -0.391 e. The minimum atomic E-state index is -0.168. The maximum absolute atomic E-state index is 11.3. The first-order valence-electron chi connectivity index (χ1n) is 10.0. The van der Waals surface area contributed by atoms with Gasteiger partial charge in [-0.05, 0) is 54.3 Å². The van der Waals surface area contributed by atoms with Crippen molar-refractivity contribution in [1.82, 2.24) is 9.13 Å². The Morgan fingerprint density at radius 2 is 1.39 bits per heavy atom. The molecule has 4 heteroatoms. The van der Waals surface area contributed by atoms with Gasteiger partial charge in [-0.1, -0.05) is 36.4 Å². The Morgan fingerprint density at radius 1 is 0.786 bits per heavy atom. The molecule has 0 bridgehead atoms. The molecular formula is C24H24N2O2. The zero-order valence-electron chi connectivity index (χ0n) is 15.8. The first-order chi connectivity index (χ1) is 13.7. The number of fused-ring (bicyclic) bond motifs is 6. The molecule has 0 aliphatic carbocycles. The lowest BCUT2D eigenvalue weighted by Gasteiger charge is -2.20. The zero-order valence-corrected chi connectivity index (χ0v) is 15.8. The molecule has 142 valence electrons. The van der Waals surface area contributed by atoms with Crippen molar-refractivity contribution >= 4 is 27.6 Å². The van der Waals surface area contributed by atoms with Crippen LogP contribution in [-0.2, 0) is 30.7 Å². The molecule has 28 heavy (non-hydrogen) atoms. The van der Waals surface area contributed by atoms with Crippen LogP contribution in [0.25, 0.3) is 21.8 Å². The maximum Gasteiger partial charge on any atom is 0.152 e. The Bertz CT molecular complexity index is 1170. The molecule has 2 aliphatic rings. The summed E-state index contributed by atoms with van der Waals surface area (Å²) in [5.74, 6) is 0.346. The summed E-state index contributed by atoms with van der Waals surface area (Å²) >= 11 is 0. The molecule has 6 rings (SSSR count). The van der Waals surface area contributed by atoms with Gasteiger partial charge in [0, 0.05) is 35.4 Å². The molecule has 1 atom stereocenters. The monoisotopic (exact) mass is 372 g/mol. The summed E-state index contributed by atoms with van der Waals surface area (Å²) < 4.78 is 4.38. The van der Waals surface area contributed by atoms with Crippen LogP contribution in [0, 0.1) is 0 Å². The number of aromatic nitrogens is 2. The number of ketones is 1. The minimum absolute atomic E-state index is 0.168. The van der Waals surface area contributed by atoms with Crippen molar-refractivity contribution in [2.75, 3.05) is 0 Å². The first-order valence-corrected chi connectivity index (χ1v) is 10.0. The van der Waals surface area contributed by atoms with E-state index in [-0.39, 0.29) is 6.10 Å². The van der Waals surface area contributed by atoms with Crippen LogP contribution >= 0.6 is 0 Å². The third-order valence-corrected chi connectivity index (χ3v) is 5.91. The number of carbonyl (C=O) groups is 1. The molecule has 4 heterocycles. The largest absolute Gasteiger partial charge is 0.391 e. The molecule has 0 spiro atoms. The van der Waals surface area contributed by atoms with E-state index in [4.69, 9.17) is 0 Å². The summed E-state index contributed by atoms with van der Waals surface area (Å²) in [5, 5.41) is 12.1. The average Bonchev–Trinajstić information content (AvgIpc) is 3.26. The second-order valence-electron chi connectivity index (χ2n) is 7.82. The van der Waals surface area contributed by atoms with Gasteiger partial charge in [0.25, 0.3) is 0 Å². The Morgan fingerprint density at radius 3 is 2.11 bits per heavy atom. The van der Waals surface area contributed by atoms with Gasteiger partial charge in [-0.15, -0.1) is 0 Å². The Balaban J connectivity index is 0.000000122. The molecule has 0 fully saturated rings. The summed E-state index contributed by atoms with van der Waals surface area (Å²) in [6.45, 7) is 1.31. The summed E-state index contributed by atoms with van der Waals surface area (Å²) in [7, 11) is 0. The summed E-state index contributed by atoms with van der Waals surface area (Å²) in [6.07, 6.45) is 3.33. The van der Waals surface area contributed by atoms with E-state index >= 15 is 0 Å². The Labute approximate surface area is 164 Å². The van der Waals surface area contributed by atoms with Crippen molar-refractivity contribution in [2.45, 2.75) is 44.9 Å². The lowest BCUT2D eigenvalue weighted by atomic mass is 10.1. The number of Topliss-reactive ketones (excluding diaryl/α,β-unsaturated/α-hetero) is 1. The van der Waals surface area contributed by atoms with E-state index in [1.54, 1.807) is 0 Å². The standard InChI is InChI=1S/C12H13NO.C12H11NO/c2*14-11-6-5-10-7-9-3-1-2-4-12(9)13(10)8-11/h1-4,7,11,14H,5-6,8H2;1-4,7H,5-6,8H2. The Kier molecular flexibility index (Phi) is 4.29. The van der Waals surface area contributed by atoms with E-state index in [2.05, 4.69) is 57.7 Å². The van der Waals surface area contributed by atoms with E-state index in [0.717, 1.165) is 25.8 Å². The van der Waals surface area contributed by atoms with Crippen molar-refractivity contribution in [3.63, 3.8) is 0 Å². The van der Waals surface area contributed by atoms with Gasteiger partial charge in [-0.2, -0.15) is 0 Å². The van der Waals surface area contributed by atoms with Gasteiger partial charge in [0.2, 0.25) is 0 Å². The van der Waals surface area contributed by atoms with Crippen molar-refractivity contribution in [3.8, 4) is 0 Å². The zero-order chi connectivity index (χ0) is 19.1. The smallest absolute Gasteiger partial charge is 0.152 e. The fraction of sp³-hybridized carbons (Fsp3) is 0.292. The highest BCUT2D eigenvalue weighted by molar-refractivity contribution is 5.87. The third kappa shape index (κ3) is 3.04. The molecular weight excluding hydrogens is 348 g/mol. The quantitative estimate of drug-likeness (QED) is 0.505. The highest BCUT2D eigenvalue weighted by Gasteiger charge is 2.18. The highest BCUT2D eigenvalue weighted by atomic mass is 16.3. The average molecular weight is 372 g/mol. The van der Waals surface area contributed by atoms with Gasteiger partial charge >= 0.3 is 0 Å². The highest BCUT2D eigenvalue weighted by Crippen LogP contribution is 2.25. The molecule has 4 nitrogen and oxygen atoms in total. The number of benzene rings is 2. The van der Waals surface area contributed by atoms with Crippen LogP contribution in [-0.4, -0.2) is 26.1 Å². The van der Waals surface area contributed by atoms with E-state index in [1.807, 2.05) is 12.1 Å². The summed E-state index contributed by atoms with van der Waals surface area (Å²) in [5.41, 5.74) is 5.10. The number of nitrogens with zero attached hydrogens (tertiary/aromatic N) is 2. The van der Waals surface area contributed by atoms with Gasteiger partial charge in [0.15, 0.2) is 5.78 Å². The predicted molar refractivity (Wildman–Crippen MR) is 112 cm³/mol. The number of aryl methyl sites for hydroxylation is 2. The van der Waals surface area contributed by atoms with Crippen LogP contribution < -0.4 is 0 Å². The van der Waals surface area contributed by atoms with E-state index in [0.29, 0.717) is 18.7 Å². The van der Waals surface area contributed by atoms with E-state index in [9.17, 15) is 9.90 Å². The molecule has 2 aromatic heterocycles. The number of rotatable bonds is 0. The number of aliphatic hydroxyl groups is 1. The van der Waals surface area contributed by atoms with E-state index in [1.165, 1.54) is 33.2 Å². The maximum atomic E-state index is 11.3. The summed E-state index contributed by atoms with van der Waals surface area (Å²) in [4.78, 5) is 11.3. The van der Waals surface area contributed by atoms with Crippen LogP contribution in [0.15, 0.2) is 60.7 Å². The van der Waals surface area contributed by atoms with Crippen molar-refractivity contribution in [1.29, 1.82) is 0 Å². The third-order valence-electron chi connectivity index (χ3n) is 5.91. The summed E-state index contributed by atoms with van der Waals surface area (Å²) in [6, 6.07) is 21.0. The fourth-order valence-electron chi connectivity index (χ4n) is 4.49. The molecule has 1 unspecified atom stereocenters. The van der Waals surface area contributed by atoms with Crippen LogP contribution in [0.1, 0.15) is 24.2 Å². The predicted octanol–water partition coefficient (Wildman–Crippen LogP) is 4.11.